The Hall–Kier alpha value is -1.39. The highest BCUT2D eigenvalue weighted by Gasteiger charge is 2.24. The maximum Gasteiger partial charge on any atom is 0.313 e. The van der Waals surface area contributed by atoms with Gasteiger partial charge in [0.2, 0.25) is 0 Å². The molecule has 5 heteroatoms. The van der Waals surface area contributed by atoms with Gasteiger partial charge in [-0.1, -0.05) is 0 Å². The average Bonchev–Trinajstić information content (AvgIpc) is 2.47. The molecule has 0 spiro atoms. The van der Waals surface area contributed by atoms with Crippen LogP contribution in [0.25, 0.3) is 0 Å². The topological polar surface area (TPSA) is 69.7 Å². The molecular formula is C9H12O5. The van der Waals surface area contributed by atoms with E-state index in [1.165, 1.54) is 6.92 Å². The molecule has 5 nitrogen and oxygen atoms in total. The van der Waals surface area contributed by atoms with Crippen LogP contribution >= 0.6 is 0 Å². The number of ketones is 1. The second-order valence-electron chi connectivity index (χ2n) is 3.31. The van der Waals surface area contributed by atoms with E-state index in [4.69, 9.17) is 4.74 Å². The summed E-state index contributed by atoms with van der Waals surface area (Å²) >= 11 is 0. The molecule has 14 heavy (non-hydrogen) atoms. The van der Waals surface area contributed by atoms with Gasteiger partial charge < -0.3 is 9.47 Å². The lowest BCUT2D eigenvalue weighted by atomic mass is 10.1. The van der Waals surface area contributed by atoms with Crippen molar-refractivity contribution in [3.8, 4) is 0 Å². The van der Waals surface area contributed by atoms with E-state index in [0.717, 1.165) is 0 Å². The third-order valence-corrected chi connectivity index (χ3v) is 1.81. The van der Waals surface area contributed by atoms with E-state index in [9.17, 15) is 14.4 Å². The quantitative estimate of drug-likeness (QED) is 0.474. The van der Waals surface area contributed by atoms with E-state index in [-0.39, 0.29) is 37.1 Å². The summed E-state index contributed by atoms with van der Waals surface area (Å²) in [5, 5.41) is 0. The fraction of sp³-hybridized carbons (Fsp3) is 0.667. The zero-order chi connectivity index (χ0) is 10.6. The maximum atomic E-state index is 10.9. The van der Waals surface area contributed by atoms with Crippen LogP contribution in [0, 0.1) is 5.92 Å². The Labute approximate surface area is 81.4 Å². The summed E-state index contributed by atoms with van der Waals surface area (Å²) in [5.41, 5.74) is 0. The summed E-state index contributed by atoms with van der Waals surface area (Å²) in [6, 6.07) is 0. The third kappa shape index (κ3) is 3.55. The van der Waals surface area contributed by atoms with Crippen LogP contribution in [0.5, 0.6) is 0 Å². The predicted molar refractivity (Wildman–Crippen MR) is 45.3 cm³/mol. The Kier molecular flexibility index (Phi) is 3.62. The van der Waals surface area contributed by atoms with Crippen molar-refractivity contribution >= 4 is 17.7 Å². The minimum absolute atomic E-state index is 0.0570. The predicted octanol–water partition coefficient (Wildman–Crippen LogP) is 0.0718. The maximum absolute atomic E-state index is 10.9. The molecule has 0 aromatic rings. The van der Waals surface area contributed by atoms with Gasteiger partial charge in [-0.15, -0.1) is 0 Å². The van der Waals surface area contributed by atoms with Crippen molar-refractivity contribution in [2.24, 2.45) is 5.92 Å². The van der Waals surface area contributed by atoms with Crippen molar-refractivity contribution in [1.82, 2.24) is 0 Å². The summed E-state index contributed by atoms with van der Waals surface area (Å²) in [5.74, 6) is -1.10. The van der Waals surface area contributed by atoms with Crippen LogP contribution in [0.1, 0.15) is 19.8 Å². The van der Waals surface area contributed by atoms with Crippen LogP contribution in [0.3, 0.4) is 0 Å². The summed E-state index contributed by atoms with van der Waals surface area (Å²) in [7, 11) is 0. The molecular weight excluding hydrogens is 188 g/mol. The minimum atomic E-state index is -0.545. The lowest BCUT2D eigenvalue weighted by Gasteiger charge is -2.06. The van der Waals surface area contributed by atoms with Gasteiger partial charge >= 0.3 is 11.9 Å². The number of Topliss-reactive ketones (excluding diaryl/α,β-unsaturated/α-hetero) is 1. The number of hydrogen-bond donors (Lipinski definition) is 0. The van der Waals surface area contributed by atoms with Gasteiger partial charge in [0.1, 0.15) is 12.2 Å². The highest BCUT2D eigenvalue weighted by molar-refractivity contribution is 5.94. The van der Waals surface area contributed by atoms with Crippen molar-refractivity contribution in [3.63, 3.8) is 0 Å². The first kappa shape index (κ1) is 10.7. The van der Waals surface area contributed by atoms with E-state index in [1.54, 1.807) is 0 Å². The molecule has 0 saturated carbocycles. The summed E-state index contributed by atoms with van der Waals surface area (Å²) in [6.45, 7) is 1.77. The largest absolute Gasteiger partial charge is 0.465 e. The van der Waals surface area contributed by atoms with Gasteiger partial charge in [0.15, 0.2) is 0 Å². The monoisotopic (exact) mass is 200 g/mol. The molecule has 0 amide bonds. The number of ether oxygens (including phenoxy) is 2. The van der Waals surface area contributed by atoms with Crippen molar-refractivity contribution in [1.29, 1.82) is 0 Å². The molecule has 1 heterocycles. The normalized spacial score (nSPS) is 20.4. The lowest BCUT2D eigenvalue weighted by molar-refractivity contribution is -0.147. The molecule has 1 aliphatic heterocycles. The fourth-order valence-electron chi connectivity index (χ4n) is 1.14. The van der Waals surface area contributed by atoms with Gasteiger partial charge in [-0.3, -0.25) is 14.4 Å². The fourth-order valence-corrected chi connectivity index (χ4v) is 1.14. The Morgan fingerprint density at radius 3 is 2.79 bits per heavy atom. The minimum Gasteiger partial charge on any atom is -0.465 e. The molecule has 1 atom stereocenters. The number of esters is 2. The highest BCUT2D eigenvalue weighted by atomic mass is 16.6. The van der Waals surface area contributed by atoms with Gasteiger partial charge in [-0.25, -0.2) is 0 Å². The number of hydrogen-bond acceptors (Lipinski definition) is 5. The molecule has 1 aliphatic rings. The molecule has 0 bridgehead atoms. The number of carbonyl (C=O) groups is 3. The van der Waals surface area contributed by atoms with Gasteiger partial charge in [0.25, 0.3) is 0 Å². The van der Waals surface area contributed by atoms with Crippen molar-refractivity contribution in [2.45, 2.75) is 19.8 Å². The molecule has 0 aliphatic carbocycles. The molecule has 1 saturated heterocycles. The average molecular weight is 200 g/mol. The Balaban J connectivity index is 2.17. The van der Waals surface area contributed by atoms with Crippen LogP contribution in [0.15, 0.2) is 0 Å². The number of carbonyl (C=O) groups excluding carboxylic acids is 3. The van der Waals surface area contributed by atoms with E-state index in [2.05, 4.69) is 4.74 Å². The van der Waals surface area contributed by atoms with Crippen molar-refractivity contribution in [3.05, 3.63) is 0 Å². The van der Waals surface area contributed by atoms with E-state index >= 15 is 0 Å². The van der Waals surface area contributed by atoms with Crippen molar-refractivity contribution < 1.29 is 23.9 Å². The lowest BCUT2D eigenvalue weighted by Crippen LogP contribution is -2.15. The zero-order valence-corrected chi connectivity index (χ0v) is 7.95. The van der Waals surface area contributed by atoms with Gasteiger partial charge in [0, 0.05) is 5.92 Å². The Morgan fingerprint density at radius 1 is 1.57 bits per heavy atom. The number of rotatable bonds is 4. The second-order valence-corrected chi connectivity index (χ2v) is 3.31. The SMILES string of the molecule is CC(=O)CC(=O)OCC1COC(=O)C1. The van der Waals surface area contributed by atoms with Crippen LogP contribution in [0.4, 0.5) is 0 Å². The summed E-state index contributed by atoms with van der Waals surface area (Å²) < 4.78 is 9.47. The smallest absolute Gasteiger partial charge is 0.313 e. The first-order chi connectivity index (χ1) is 6.58. The zero-order valence-electron chi connectivity index (χ0n) is 7.95. The van der Waals surface area contributed by atoms with Gasteiger partial charge in [-0.05, 0) is 6.92 Å². The number of cyclic esters (lactones) is 1. The second kappa shape index (κ2) is 4.74. The van der Waals surface area contributed by atoms with Crippen LogP contribution < -0.4 is 0 Å². The summed E-state index contributed by atoms with van der Waals surface area (Å²) in [4.78, 5) is 32.1. The van der Waals surface area contributed by atoms with E-state index in [1.807, 2.05) is 0 Å². The van der Waals surface area contributed by atoms with E-state index < -0.39 is 5.97 Å². The van der Waals surface area contributed by atoms with Gasteiger partial charge in [0.05, 0.1) is 19.6 Å². The molecule has 1 rings (SSSR count). The van der Waals surface area contributed by atoms with Crippen LogP contribution in [0.2, 0.25) is 0 Å². The molecule has 0 aromatic carbocycles. The first-order valence-corrected chi connectivity index (χ1v) is 4.38. The Bertz CT molecular complexity index is 258. The van der Waals surface area contributed by atoms with E-state index in [0.29, 0.717) is 6.61 Å². The molecule has 0 aromatic heterocycles. The highest BCUT2D eigenvalue weighted by Crippen LogP contribution is 2.14. The van der Waals surface area contributed by atoms with Crippen molar-refractivity contribution in [2.75, 3.05) is 13.2 Å². The van der Waals surface area contributed by atoms with Crippen LogP contribution in [-0.2, 0) is 23.9 Å². The third-order valence-electron chi connectivity index (χ3n) is 1.81. The molecule has 0 N–H and O–H groups in total. The molecule has 1 unspecified atom stereocenters. The molecule has 1 fully saturated rings. The standard InChI is InChI=1S/C9H12O5/c1-6(10)2-8(11)13-4-7-3-9(12)14-5-7/h7H,2-5H2,1H3. The molecule has 0 radical (unpaired) electrons. The molecule has 78 valence electrons. The van der Waals surface area contributed by atoms with Crippen LogP contribution in [-0.4, -0.2) is 30.9 Å². The summed E-state index contributed by atoms with van der Waals surface area (Å²) in [6.07, 6.45) is 0.0782. The van der Waals surface area contributed by atoms with Gasteiger partial charge in [-0.2, -0.15) is 0 Å². The first-order valence-electron chi connectivity index (χ1n) is 4.38. The Morgan fingerprint density at radius 2 is 2.29 bits per heavy atom.